The molecule has 0 saturated carbocycles. The number of fused-ring (bicyclic) bond motifs is 1. The minimum Gasteiger partial charge on any atom is -0.508 e. The SMILES string of the molecule is Oc1ccc(C(c2ccccc2)(c2ccccc2)c2ccc(O)cc2)cc1.Oc1ccc2c(O)cccc2c1. The summed E-state index contributed by atoms with van der Waals surface area (Å²) in [6, 6.07) is 45.4. The van der Waals surface area contributed by atoms with Crippen LogP contribution in [0.3, 0.4) is 0 Å². The molecule has 4 heteroatoms. The molecule has 0 atom stereocenters. The van der Waals surface area contributed by atoms with Crippen LogP contribution in [0.2, 0.25) is 0 Å². The first-order valence-corrected chi connectivity index (χ1v) is 12.6. The van der Waals surface area contributed by atoms with Gasteiger partial charge >= 0.3 is 0 Å². The highest BCUT2D eigenvalue weighted by Crippen LogP contribution is 2.45. The van der Waals surface area contributed by atoms with Gasteiger partial charge in [0.05, 0.1) is 5.41 Å². The highest BCUT2D eigenvalue weighted by atomic mass is 16.3. The molecule has 0 fully saturated rings. The van der Waals surface area contributed by atoms with Crippen molar-refractivity contribution < 1.29 is 20.4 Å². The Morgan fingerprint density at radius 3 is 1.28 bits per heavy atom. The van der Waals surface area contributed by atoms with Crippen LogP contribution in [0.5, 0.6) is 23.0 Å². The normalized spacial score (nSPS) is 11.0. The first-order valence-electron chi connectivity index (χ1n) is 12.6. The van der Waals surface area contributed by atoms with Gasteiger partial charge in [-0.2, -0.15) is 0 Å². The average Bonchev–Trinajstić information content (AvgIpc) is 2.97. The van der Waals surface area contributed by atoms with Crippen LogP contribution in [0, 0.1) is 0 Å². The Hall–Kier alpha value is -5.22. The number of phenols is 4. The van der Waals surface area contributed by atoms with E-state index in [9.17, 15) is 15.3 Å². The monoisotopic (exact) mass is 512 g/mol. The maximum atomic E-state index is 9.84. The Morgan fingerprint density at radius 2 is 0.795 bits per heavy atom. The molecule has 0 spiro atoms. The zero-order chi connectivity index (χ0) is 27.2. The Labute approximate surface area is 227 Å². The first kappa shape index (κ1) is 25.4. The van der Waals surface area contributed by atoms with Crippen LogP contribution in [0.4, 0.5) is 0 Å². The zero-order valence-corrected chi connectivity index (χ0v) is 21.1. The third-order valence-electron chi connectivity index (χ3n) is 6.86. The number of hydrogen-bond acceptors (Lipinski definition) is 4. The van der Waals surface area contributed by atoms with E-state index in [1.807, 2.05) is 66.7 Å². The van der Waals surface area contributed by atoms with E-state index in [1.165, 1.54) is 0 Å². The third kappa shape index (κ3) is 5.13. The summed E-state index contributed by atoms with van der Waals surface area (Å²) in [6.45, 7) is 0. The van der Waals surface area contributed by atoms with Crippen molar-refractivity contribution in [1.82, 2.24) is 0 Å². The summed E-state index contributed by atoms with van der Waals surface area (Å²) < 4.78 is 0. The van der Waals surface area contributed by atoms with Crippen LogP contribution in [0.25, 0.3) is 10.8 Å². The lowest BCUT2D eigenvalue weighted by Crippen LogP contribution is -2.30. The molecule has 0 aromatic heterocycles. The number of hydrogen-bond donors (Lipinski definition) is 4. The van der Waals surface area contributed by atoms with Crippen LogP contribution in [-0.4, -0.2) is 20.4 Å². The molecule has 6 rings (SSSR count). The van der Waals surface area contributed by atoms with E-state index in [4.69, 9.17) is 5.11 Å². The average molecular weight is 513 g/mol. The standard InChI is InChI=1S/C25H20O2.C10H8O2/c26-23-15-11-21(12-16-23)25(19-7-3-1-4-8-19,20-9-5-2-6-10-20)22-13-17-24(27)18-14-22;11-8-4-5-9-7(6-8)2-1-3-10(9)12/h1-18,26-27H;1-6,11-12H. The molecule has 0 aliphatic heterocycles. The van der Waals surface area contributed by atoms with Gasteiger partial charge in [-0.05, 0) is 76.2 Å². The topological polar surface area (TPSA) is 80.9 Å². The number of benzene rings is 6. The van der Waals surface area contributed by atoms with Crippen LogP contribution < -0.4 is 0 Å². The molecule has 0 saturated heterocycles. The van der Waals surface area contributed by atoms with Crippen molar-refractivity contribution in [3.8, 4) is 23.0 Å². The van der Waals surface area contributed by atoms with Gasteiger partial charge in [0, 0.05) is 5.39 Å². The summed E-state index contributed by atoms with van der Waals surface area (Å²) in [5.41, 5.74) is 3.76. The molecule has 0 aliphatic carbocycles. The van der Waals surface area contributed by atoms with Gasteiger partial charge in [-0.15, -0.1) is 0 Å². The van der Waals surface area contributed by atoms with Crippen LogP contribution >= 0.6 is 0 Å². The molecule has 4 nitrogen and oxygen atoms in total. The van der Waals surface area contributed by atoms with Crippen LogP contribution in [0.15, 0.2) is 146 Å². The zero-order valence-electron chi connectivity index (χ0n) is 21.1. The van der Waals surface area contributed by atoms with E-state index in [0.29, 0.717) is 0 Å². The molecule has 0 radical (unpaired) electrons. The lowest BCUT2D eigenvalue weighted by Gasteiger charge is -2.36. The lowest BCUT2D eigenvalue weighted by atomic mass is 9.65. The molecule has 6 aromatic carbocycles. The van der Waals surface area contributed by atoms with Gasteiger partial charge in [-0.25, -0.2) is 0 Å². The van der Waals surface area contributed by atoms with Gasteiger partial charge < -0.3 is 20.4 Å². The van der Waals surface area contributed by atoms with Gasteiger partial charge in [0.1, 0.15) is 23.0 Å². The summed E-state index contributed by atoms with van der Waals surface area (Å²) >= 11 is 0. The smallest absolute Gasteiger partial charge is 0.123 e. The second-order valence-corrected chi connectivity index (χ2v) is 9.26. The summed E-state index contributed by atoms with van der Waals surface area (Å²) in [6.07, 6.45) is 0. The van der Waals surface area contributed by atoms with Crippen molar-refractivity contribution in [3.05, 3.63) is 168 Å². The van der Waals surface area contributed by atoms with Gasteiger partial charge in [0.25, 0.3) is 0 Å². The van der Waals surface area contributed by atoms with Gasteiger partial charge in [0.15, 0.2) is 0 Å². The minimum absolute atomic E-state index is 0.216. The fraction of sp³-hybridized carbons (Fsp3) is 0.0286. The quantitative estimate of drug-likeness (QED) is 0.182. The summed E-state index contributed by atoms with van der Waals surface area (Å²) in [4.78, 5) is 0. The number of phenolic OH excluding ortho intramolecular Hbond substituents is 4. The molecule has 0 heterocycles. The Morgan fingerprint density at radius 1 is 0.359 bits per heavy atom. The van der Waals surface area contributed by atoms with E-state index in [0.717, 1.165) is 33.0 Å². The fourth-order valence-electron chi connectivity index (χ4n) is 5.05. The summed E-state index contributed by atoms with van der Waals surface area (Å²) in [7, 11) is 0. The van der Waals surface area contributed by atoms with Crippen LogP contribution in [-0.2, 0) is 5.41 Å². The Bertz CT molecular complexity index is 1570. The largest absolute Gasteiger partial charge is 0.508 e. The molecule has 0 unspecified atom stereocenters. The molecule has 6 aromatic rings. The first-order chi connectivity index (χ1) is 19.0. The van der Waals surface area contributed by atoms with Crippen LogP contribution in [0.1, 0.15) is 22.3 Å². The summed E-state index contributed by atoms with van der Waals surface area (Å²) in [5.74, 6) is 0.930. The second-order valence-electron chi connectivity index (χ2n) is 9.26. The fourth-order valence-corrected chi connectivity index (χ4v) is 5.05. The Kier molecular flexibility index (Phi) is 7.19. The predicted molar refractivity (Wildman–Crippen MR) is 155 cm³/mol. The van der Waals surface area contributed by atoms with E-state index < -0.39 is 5.41 Å². The van der Waals surface area contributed by atoms with Crippen molar-refractivity contribution in [3.63, 3.8) is 0 Å². The van der Waals surface area contributed by atoms with Gasteiger partial charge in [0.2, 0.25) is 0 Å². The molecule has 192 valence electrons. The molecular weight excluding hydrogens is 484 g/mol. The van der Waals surface area contributed by atoms with Crippen molar-refractivity contribution >= 4 is 10.8 Å². The highest BCUT2D eigenvalue weighted by molar-refractivity contribution is 5.88. The van der Waals surface area contributed by atoms with Crippen molar-refractivity contribution in [2.75, 3.05) is 0 Å². The van der Waals surface area contributed by atoms with Gasteiger partial charge in [-0.1, -0.05) is 97.1 Å². The molecule has 0 bridgehead atoms. The van der Waals surface area contributed by atoms with Crippen molar-refractivity contribution in [1.29, 1.82) is 0 Å². The predicted octanol–water partition coefficient (Wildman–Crippen LogP) is 7.73. The molecule has 39 heavy (non-hydrogen) atoms. The second kappa shape index (κ2) is 11.0. The van der Waals surface area contributed by atoms with Crippen molar-refractivity contribution in [2.45, 2.75) is 5.41 Å². The lowest BCUT2D eigenvalue weighted by molar-refractivity contribution is 0.474. The van der Waals surface area contributed by atoms with Gasteiger partial charge in [-0.3, -0.25) is 0 Å². The summed E-state index contributed by atoms with van der Waals surface area (Å²) in [5, 5.41) is 39.8. The maximum absolute atomic E-state index is 9.84. The van der Waals surface area contributed by atoms with E-state index in [2.05, 4.69) is 24.3 Å². The van der Waals surface area contributed by atoms with E-state index in [1.54, 1.807) is 54.6 Å². The Balaban J connectivity index is 0.000000214. The van der Waals surface area contributed by atoms with Crippen molar-refractivity contribution in [2.24, 2.45) is 0 Å². The molecular formula is C35H28O4. The molecule has 0 aliphatic rings. The molecule has 0 amide bonds. The van der Waals surface area contributed by atoms with E-state index in [-0.39, 0.29) is 23.0 Å². The molecule has 4 N–H and O–H groups in total. The highest BCUT2D eigenvalue weighted by Gasteiger charge is 2.38. The number of rotatable bonds is 4. The number of aromatic hydroxyl groups is 4. The maximum Gasteiger partial charge on any atom is 0.123 e. The van der Waals surface area contributed by atoms with E-state index >= 15 is 0 Å². The minimum atomic E-state index is -0.566. The third-order valence-corrected chi connectivity index (χ3v) is 6.86.